The number of likely N-dealkylation sites (tertiary alicyclic amines) is 1. The van der Waals surface area contributed by atoms with Gasteiger partial charge < -0.3 is 10.4 Å². The molecule has 0 bridgehead atoms. The van der Waals surface area contributed by atoms with Gasteiger partial charge in [0.15, 0.2) is 0 Å². The van der Waals surface area contributed by atoms with Crippen LogP contribution in [0.5, 0.6) is 0 Å². The number of carbonyl (C=O) groups excluding carboxylic acids is 1. The van der Waals surface area contributed by atoms with E-state index in [0.29, 0.717) is 25.4 Å². The molecular formula is C14H26N2O3. The summed E-state index contributed by atoms with van der Waals surface area (Å²) in [6, 6.07) is -0.897. The minimum atomic E-state index is -0.812. The van der Waals surface area contributed by atoms with Gasteiger partial charge in [0.25, 0.3) is 0 Å². The Morgan fingerprint density at radius 3 is 2.63 bits per heavy atom. The maximum Gasteiger partial charge on any atom is 0.320 e. The number of rotatable bonds is 6. The Morgan fingerprint density at radius 1 is 1.42 bits per heavy atom. The Bertz CT molecular complexity index is 320. The Hall–Kier alpha value is -1.10. The Morgan fingerprint density at radius 2 is 2.11 bits per heavy atom. The molecule has 0 aromatic heterocycles. The Kier molecular flexibility index (Phi) is 6.28. The standard InChI is InChI=1S/C14H26N2O3/c1-4-7-15-13(17)10(3)16-8-6-11(5-2)9-12(16)14(18)19/h10-12H,4-9H2,1-3H3,(H,15,17)(H,18,19). The zero-order chi connectivity index (χ0) is 14.4. The van der Waals surface area contributed by atoms with Crippen molar-refractivity contribution in [2.24, 2.45) is 5.92 Å². The first-order chi connectivity index (χ1) is 9.01. The highest BCUT2D eigenvalue weighted by Gasteiger charge is 2.37. The molecule has 1 heterocycles. The molecule has 5 nitrogen and oxygen atoms in total. The van der Waals surface area contributed by atoms with Gasteiger partial charge in [-0.1, -0.05) is 20.3 Å². The summed E-state index contributed by atoms with van der Waals surface area (Å²) in [4.78, 5) is 25.2. The lowest BCUT2D eigenvalue weighted by Gasteiger charge is -2.39. The maximum absolute atomic E-state index is 12.0. The van der Waals surface area contributed by atoms with Crippen molar-refractivity contribution in [2.45, 2.75) is 58.5 Å². The van der Waals surface area contributed by atoms with E-state index in [1.807, 2.05) is 11.8 Å². The van der Waals surface area contributed by atoms with Gasteiger partial charge in [0.1, 0.15) is 6.04 Å². The minimum absolute atomic E-state index is 0.0666. The molecule has 5 heteroatoms. The molecule has 3 unspecified atom stereocenters. The van der Waals surface area contributed by atoms with Crippen LogP contribution in [0.4, 0.5) is 0 Å². The van der Waals surface area contributed by atoms with Gasteiger partial charge in [-0.15, -0.1) is 0 Å². The fourth-order valence-electron chi connectivity index (χ4n) is 2.68. The molecule has 0 saturated carbocycles. The summed E-state index contributed by atoms with van der Waals surface area (Å²) >= 11 is 0. The molecule has 0 spiro atoms. The molecule has 1 rings (SSSR count). The molecule has 1 aliphatic rings. The summed E-state index contributed by atoms with van der Waals surface area (Å²) in [6.45, 7) is 7.23. The van der Waals surface area contributed by atoms with Crippen molar-refractivity contribution < 1.29 is 14.7 Å². The van der Waals surface area contributed by atoms with Gasteiger partial charge >= 0.3 is 5.97 Å². The van der Waals surface area contributed by atoms with Crippen molar-refractivity contribution in [3.8, 4) is 0 Å². The van der Waals surface area contributed by atoms with E-state index in [2.05, 4.69) is 12.2 Å². The zero-order valence-corrected chi connectivity index (χ0v) is 12.2. The molecule has 0 aliphatic carbocycles. The first-order valence-corrected chi connectivity index (χ1v) is 7.27. The van der Waals surface area contributed by atoms with E-state index in [1.54, 1.807) is 6.92 Å². The third-order valence-corrected chi connectivity index (χ3v) is 4.04. The number of carbonyl (C=O) groups is 2. The molecule has 1 aliphatic heterocycles. The highest BCUT2D eigenvalue weighted by atomic mass is 16.4. The van der Waals surface area contributed by atoms with Crippen molar-refractivity contribution in [1.29, 1.82) is 0 Å². The van der Waals surface area contributed by atoms with Gasteiger partial charge in [-0.25, -0.2) is 0 Å². The number of piperidine rings is 1. The topological polar surface area (TPSA) is 69.6 Å². The fourth-order valence-corrected chi connectivity index (χ4v) is 2.68. The first kappa shape index (κ1) is 16.0. The van der Waals surface area contributed by atoms with Gasteiger partial charge in [0.2, 0.25) is 5.91 Å². The summed E-state index contributed by atoms with van der Waals surface area (Å²) in [5.41, 5.74) is 0. The maximum atomic E-state index is 12.0. The number of aliphatic carboxylic acids is 1. The quantitative estimate of drug-likeness (QED) is 0.767. The number of amides is 1. The summed E-state index contributed by atoms with van der Waals surface area (Å²) in [6.07, 6.45) is 3.52. The number of nitrogens with zero attached hydrogens (tertiary/aromatic N) is 1. The third kappa shape index (κ3) is 4.20. The van der Waals surface area contributed by atoms with Crippen LogP contribution < -0.4 is 5.32 Å². The van der Waals surface area contributed by atoms with E-state index in [0.717, 1.165) is 19.3 Å². The molecular weight excluding hydrogens is 244 g/mol. The second-order valence-corrected chi connectivity index (χ2v) is 5.36. The lowest BCUT2D eigenvalue weighted by Crippen LogP contribution is -2.55. The van der Waals surface area contributed by atoms with Crippen LogP contribution in [0.25, 0.3) is 0 Å². The monoisotopic (exact) mass is 270 g/mol. The van der Waals surface area contributed by atoms with Gasteiger partial charge in [-0.3, -0.25) is 14.5 Å². The molecule has 19 heavy (non-hydrogen) atoms. The molecule has 1 saturated heterocycles. The lowest BCUT2D eigenvalue weighted by molar-refractivity contribution is -0.148. The molecule has 110 valence electrons. The van der Waals surface area contributed by atoms with Gasteiger partial charge in [0, 0.05) is 13.1 Å². The van der Waals surface area contributed by atoms with Crippen LogP contribution in [0.2, 0.25) is 0 Å². The Labute approximate surface area is 115 Å². The van der Waals surface area contributed by atoms with Crippen LogP contribution in [0.3, 0.4) is 0 Å². The van der Waals surface area contributed by atoms with Gasteiger partial charge in [-0.05, 0) is 32.1 Å². The van der Waals surface area contributed by atoms with Crippen molar-refractivity contribution in [2.75, 3.05) is 13.1 Å². The van der Waals surface area contributed by atoms with Crippen LogP contribution >= 0.6 is 0 Å². The number of carboxylic acids is 1. The van der Waals surface area contributed by atoms with Crippen LogP contribution in [0.15, 0.2) is 0 Å². The molecule has 0 radical (unpaired) electrons. The van der Waals surface area contributed by atoms with E-state index in [1.165, 1.54) is 0 Å². The average Bonchev–Trinajstić information content (AvgIpc) is 2.43. The van der Waals surface area contributed by atoms with Crippen LogP contribution in [0.1, 0.15) is 46.5 Å². The van der Waals surface area contributed by atoms with Crippen LogP contribution in [-0.4, -0.2) is 47.1 Å². The SMILES string of the molecule is CCCNC(=O)C(C)N1CCC(CC)CC1C(=O)O. The Balaban J connectivity index is 2.68. The van der Waals surface area contributed by atoms with Crippen molar-refractivity contribution in [3.05, 3.63) is 0 Å². The van der Waals surface area contributed by atoms with Gasteiger partial charge in [0.05, 0.1) is 6.04 Å². The second kappa shape index (κ2) is 7.48. The summed E-state index contributed by atoms with van der Waals surface area (Å²) in [5.74, 6) is -0.417. The van der Waals surface area contributed by atoms with E-state index >= 15 is 0 Å². The molecule has 1 amide bonds. The second-order valence-electron chi connectivity index (χ2n) is 5.36. The summed E-state index contributed by atoms with van der Waals surface area (Å²) in [7, 11) is 0. The van der Waals surface area contributed by atoms with E-state index in [-0.39, 0.29) is 11.9 Å². The van der Waals surface area contributed by atoms with Crippen molar-refractivity contribution >= 4 is 11.9 Å². The number of nitrogens with one attached hydrogen (secondary N) is 1. The molecule has 3 atom stereocenters. The number of carboxylic acid groups (broad SMARTS) is 1. The average molecular weight is 270 g/mol. The molecule has 2 N–H and O–H groups in total. The van der Waals surface area contributed by atoms with E-state index in [4.69, 9.17) is 0 Å². The van der Waals surface area contributed by atoms with Gasteiger partial charge in [-0.2, -0.15) is 0 Å². The smallest absolute Gasteiger partial charge is 0.320 e. The zero-order valence-electron chi connectivity index (χ0n) is 12.2. The minimum Gasteiger partial charge on any atom is -0.480 e. The van der Waals surface area contributed by atoms with E-state index in [9.17, 15) is 14.7 Å². The normalized spacial score (nSPS) is 25.8. The largest absolute Gasteiger partial charge is 0.480 e. The molecule has 0 aromatic rings. The highest BCUT2D eigenvalue weighted by molar-refractivity contribution is 5.82. The van der Waals surface area contributed by atoms with Crippen LogP contribution in [0, 0.1) is 5.92 Å². The number of hydrogen-bond acceptors (Lipinski definition) is 3. The van der Waals surface area contributed by atoms with Crippen molar-refractivity contribution in [3.63, 3.8) is 0 Å². The predicted molar refractivity (Wildman–Crippen MR) is 73.9 cm³/mol. The molecule has 0 aromatic carbocycles. The predicted octanol–water partition coefficient (Wildman–Crippen LogP) is 1.48. The molecule has 1 fully saturated rings. The van der Waals surface area contributed by atoms with E-state index < -0.39 is 12.0 Å². The third-order valence-electron chi connectivity index (χ3n) is 4.04. The van der Waals surface area contributed by atoms with Crippen LogP contribution in [-0.2, 0) is 9.59 Å². The lowest BCUT2D eigenvalue weighted by atomic mass is 9.88. The fraction of sp³-hybridized carbons (Fsp3) is 0.857. The summed E-state index contributed by atoms with van der Waals surface area (Å²) < 4.78 is 0. The first-order valence-electron chi connectivity index (χ1n) is 7.27. The van der Waals surface area contributed by atoms with Crippen molar-refractivity contribution in [1.82, 2.24) is 10.2 Å². The highest BCUT2D eigenvalue weighted by Crippen LogP contribution is 2.27. The number of hydrogen-bond donors (Lipinski definition) is 2. The summed E-state index contributed by atoms with van der Waals surface area (Å²) in [5, 5.41) is 12.2.